The van der Waals surface area contributed by atoms with Crippen LogP contribution in [-0.4, -0.2) is 37.6 Å². The summed E-state index contributed by atoms with van der Waals surface area (Å²) >= 11 is 0. The largest absolute Gasteiger partial charge is 0.496 e. The molecule has 4 heteroatoms. The summed E-state index contributed by atoms with van der Waals surface area (Å²) in [7, 11) is 3.50. The van der Waals surface area contributed by atoms with E-state index < -0.39 is 0 Å². The summed E-state index contributed by atoms with van der Waals surface area (Å²) in [5, 5.41) is 3.25. The third-order valence-corrected chi connectivity index (χ3v) is 3.68. The maximum absolute atomic E-state index is 12.1. The number of methoxy groups -OCH3 is 1. The van der Waals surface area contributed by atoms with Crippen LogP contribution < -0.4 is 10.1 Å². The second-order valence-electron chi connectivity index (χ2n) is 5.08. The van der Waals surface area contributed by atoms with Crippen molar-refractivity contribution in [3.8, 4) is 5.75 Å². The first-order chi connectivity index (χ1) is 9.13. The van der Waals surface area contributed by atoms with Gasteiger partial charge in [0.1, 0.15) is 5.75 Å². The SMILES string of the molecule is COc1ccccc1C(C)N(C)C(=O)CNC1CC1. The van der Waals surface area contributed by atoms with Crippen LogP contribution in [-0.2, 0) is 4.79 Å². The number of amides is 1. The fourth-order valence-electron chi connectivity index (χ4n) is 2.08. The van der Waals surface area contributed by atoms with Crippen LogP contribution in [0.1, 0.15) is 31.4 Å². The summed E-state index contributed by atoms with van der Waals surface area (Å²) in [5.74, 6) is 0.940. The van der Waals surface area contributed by atoms with E-state index in [-0.39, 0.29) is 11.9 Å². The second-order valence-corrected chi connectivity index (χ2v) is 5.08. The van der Waals surface area contributed by atoms with Gasteiger partial charge in [0.15, 0.2) is 0 Å². The first kappa shape index (κ1) is 13.9. The predicted molar refractivity (Wildman–Crippen MR) is 75.2 cm³/mol. The highest BCUT2D eigenvalue weighted by Crippen LogP contribution is 2.28. The summed E-state index contributed by atoms with van der Waals surface area (Å²) in [6.45, 7) is 2.44. The van der Waals surface area contributed by atoms with Crippen molar-refractivity contribution in [2.45, 2.75) is 31.8 Å². The highest BCUT2D eigenvalue weighted by molar-refractivity contribution is 5.78. The van der Waals surface area contributed by atoms with Gasteiger partial charge in [-0.2, -0.15) is 0 Å². The fraction of sp³-hybridized carbons (Fsp3) is 0.533. The molecule has 1 aromatic rings. The molecule has 1 amide bonds. The Bertz CT molecular complexity index is 444. The maximum atomic E-state index is 12.1. The highest BCUT2D eigenvalue weighted by atomic mass is 16.5. The number of ether oxygens (including phenoxy) is 1. The third-order valence-electron chi connectivity index (χ3n) is 3.68. The zero-order valence-electron chi connectivity index (χ0n) is 11.8. The van der Waals surface area contributed by atoms with Crippen LogP contribution in [0, 0.1) is 0 Å². The average Bonchev–Trinajstić information content (AvgIpc) is 3.27. The molecule has 1 fully saturated rings. The molecule has 4 nitrogen and oxygen atoms in total. The molecule has 1 aromatic carbocycles. The molecular weight excluding hydrogens is 240 g/mol. The lowest BCUT2D eigenvalue weighted by molar-refractivity contribution is -0.130. The number of nitrogens with zero attached hydrogens (tertiary/aromatic N) is 1. The molecule has 0 radical (unpaired) electrons. The smallest absolute Gasteiger partial charge is 0.236 e. The molecule has 0 saturated heterocycles. The van der Waals surface area contributed by atoms with Crippen molar-refractivity contribution >= 4 is 5.91 Å². The van der Waals surface area contributed by atoms with Gasteiger partial charge in [-0.3, -0.25) is 4.79 Å². The van der Waals surface area contributed by atoms with Gasteiger partial charge in [0.2, 0.25) is 5.91 Å². The van der Waals surface area contributed by atoms with Crippen LogP contribution in [0.15, 0.2) is 24.3 Å². The van der Waals surface area contributed by atoms with Crippen molar-refractivity contribution in [1.29, 1.82) is 0 Å². The van der Waals surface area contributed by atoms with E-state index in [1.807, 2.05) is 38.2 Å². The summed E-state index contributed by atoms with van der Waals surface area (Å²) in [4.78, 5) is 13.9. The second kappa shape index (κ2) is 6.06. The summed E-state index contributed by atoms with van der Waals surface area (Å²) in [6.07, 6.45) is 2.39. The highest BCUT2D eigenvalue weighted by Gasteiger charge is 2.24. The Morgan fingerprint density at radius 2 is 2.16 bits per heavy atom. The van der Waals surface area contributed by atoms with Gasteiger partial charge >= 0.3 is 0 Å². The molecule has 0 spiro atoms. The first-order valence-corrected chi connectivity index (χ1v) is 6.75. The normalized spacial score (nSPS) is 15.9. The van der Waals surface area contributed by atoms with Crippen LogP contribution in [0.5, 0.6) is 5.75 Å². The lowest BCUT2D eigenvalue weighted by Crippen LogP contribution is -2.37. The van der Waals surface area contributed by atoms with Crippen LogP contribution in [0.4, 0.5) is 0 Å². The Kier molecular flexibility index (Phi) is 4.43. The minimum absolute atomic E-state index is 0.00431. The first-order valence-electron chi connectivity index (χ1n) is 6.75. The van der Waals surface area contributed by atoms with Crippen LogP contribution in [0.25, 0.3) is 0 Å². The van der Waals surface area contributed by atoms with Crippen LogP contribution in [0.2, 0.25) is 0 Å². The number of rotatable bonds is 6. The molecule has 1 aliphatic rings. The number of likely N-dealkylation sites (N-methyl/N-ethyl adjacent to an activating group) is 1. The number of hydrogen-bond acceptors (Lipinski definition) is 3. The van der Waals surface area contributed by atoms with Crippen molar-refractivity contribution in [2.75, 3.05) is 20.7 Å². The Hall–Kier alpha value is -1.55. The topological polar surface area (TPSA) is 41.6 Å². The van der Waals surface area contributed by atoms with E-state index in [2.05, 4.69) is 5.32 Å². The summed E-state index contributed by atoms with van der Waals surface area (Å²) in [6, 6.07) is 8.39. The molecule has 1 N–H and O–H groups in total. The molecule has 104 valence electrons. The number of carbonyl (C=O) groups is 1. The van der Waals surface area contributed by atoms with Gasteiger partial charge in [-0.15, -0.1) is 0 Å². The van der Waals surface area contributed by atoms with Gasteiger partial charge in [0.05, 0.1) is 19.7 Å². The Morgan fingerprint density at radius 3 is 2.79 bits per heavy atom. The van der Waals surface area contributed by atoms with Gasteiger partial charge in [0.25, 0.3) is 0 Å². The van der Waals surface area contributed by atoms with Gasteiger partial charge in [-0.1, -0.05) is 18.2 Å². The standard InChI is InChI=1S/C15H22N2O2/c1-11(13-6-4-5-7-14(13)19-3)17(2)15(18)10-16-12-8-9-12/h4-7,11-12,16H,8-10H2,1-3H3. The van der Waals surface area contributed by atoms with Gasteiger partial charge in [-0.25, -0.2) is 0 Å². The summed E-state index contributed by atoms with van der Waals surface area (Å²) in [5.41, 5.74) is 1.03. The molecule has 1 atom stereocenters. The average molecular weight is 262 g/mol. The lowest BCUT2D eigenvalue weighted by Gasteiger charge is -2.26. The van der Waals surface area contributed by atoms with Crippen molar-refractivity contribution in [2.24, 2.45) is 0 Å². The maximum Gasteiger partial charge on any atom is 0.236 e. The molecule has 1 saturated carbocycles. The van der Waals surface area contributed by atoms with Crippen molar-refractivity contribution < 1.29 is 9.53 Å². The summed E-state index contributed by atoms with van der Waals surface area (Å²) < 4.78 is 5.35. The van der Waals surface area contributed by atoms with Crippen LogP contribution in [0.3, 0.4) is 0 Å². The van der Waals surface area contributed by atoms with Crippen LogP contribution >= 0.6 is 0 Å². The van der Waals surface area contributed by atoms with E-state index >= 15 is 0 Å². The molecule has 1 unspecified atom stereocenters. The van der Waals surface area contributed by atoms with Crippen molar-refractivity contribution in [1.82, 2.24) is 10.2 Å². The number of hydrogen-bond donors (Lipinski definition) is 1. The molecule has 1 aliphatic carbocycles. The number of nitrogens with one attached hydrogen (secondary N) is 1. The minimum Gasteiger partial charge on any atom is -0.496 e. The Morgan fingerprint density at radius 1 is 1.47 bits per heavy atom. The lowest BCUT2D eigenvalue weighted by atomic mass is 10.1. The molecule has 19 heavy (non-hydrogen) atoms. The third kappa shape index (κ3) is 3.47. The van der Waals surface area contributed by atoms with E-state index in [1.54, 1.807) is 12.0 Å². The van der Waals surface area contributed by atoms with Gasteiger partial charge in [-0.05, 0) is 25.8 Å². The quantitative estimate of drug-likeness (QED) is 0.852. The molecular formula is C15H22N2O2. The molecule has 2 rings (SSSR count). The number of benzene rings is 1. The minimum atomic E-state index is 0.00431. The fourth-order valence-corrected chi connectivity index (χ4v) is 2.08. The van der Waals surface area contributed by atoms with E-state index in [0.29, 0.717) is 12.6 Å². The van der Waals surface area contributed by atoms with E-state index in [4.69, 9.17) is 4.74 Å². The molecule has 0 aromatic heterocycles. The van der Waals surface area contributed by atoms with Gasteiger partial charge in [0, 0.05) is 18.7 Å². The van der Waals surface area contributed by atoms with E-state index in [0.717, 1.165) is 11.3 Å². The Labute approximate surface area is 114 Å². The predicted octanol–water partition coefficient (Wildman–Crippen LogP) is 1.97. The monoisotopic (exact) mass is 262 g/mol. The van der Waals surface area contributed by atoms with E-state index in [9.17, 15) is 4.79 Å². The number of carbonyl (C=O) groups excluding carboxylic acids is 1. The Balaban J connectivity index is 2.00. The van der Waals surface area contributed by atoms with Crippen molar-refractivity contribution in [3.05, 3.63) is 29.8 Å². The van der Waals surface area contributed by atoms with E-state index in [1.165, 1.54) is 12.8 Å². The zero-order valence-corrected chi connectivity index (χ0v) is 11.8. The zero-order chi connectivity index (χ0) is 13.8. The van der Waals surface area contributed by atoms with Crippen molar-refractivity contribution in [3.63, 3.8) is 0 Å². The van der Waals surface area contributed by atoms with Gasteiger partial charge < -0.3 is 15.0 Å². The molecule has 0 aliphatic heterocycles. The molecule has 0 bridgehead atoms. The molecule has 0 heterocycles. The number of para-hydroxylation sites is 1.